The molecule has 1 aromatic rings. The number of hydrogen-bond donors (Lipinski definition) is 0. The van der Waals surface area contributed by atoms with Crippen LogP contribution < -0.4 is 10.0 Å². The van der Waals surface area contributed by atoms with E-state index in [9.17, 15) is 14.7 Å². The van der Waals surface area contributed by atoms with Gasteiger partial charge >= 0.3 is 0 Å². The Kier molecular flexibility index (Phi) is 3.76. The highest BCUT2D eigenvalue weighted by molar-refractivity contribution is 5.87. The number of aliphatic carboxylic acids is 1. The molecule has 0 aliphatic carbocycles. The number of para-hydroxylation sites is 1. The molecule has 0 N–H and O–H groups in total. The van der Waals surface area contributed by atoms with Gasteiger partial charge < -0.3 is 24.4 Å². The van der Waals surface area contributed by atoms with E-state index in [1.807, 2.05) is 18.2 Å². The summed E-state index contributed by atoms with van der Waals surface area (Å²) < 4.78 is 5.57. The van der Waals surface area contributed by atoms with E-state index in [2.05, 4.69) is 17.0 Å². The van der Waals surface area contributed by atoms with Crippen molar-refractivity contribution in [3.63, 3.8) is 0 Å². The molecule has 126 valence electrons. The monoisotopic (exact) mass is 327 g/mol. The summed E-state index contributed by atoms with van der Waals surface area (Å²) in [6.07, 6.45) is 2.56. The van der Waals surface area contributed by atoms with Gasteiger partial charge in [0, 0.05) is 43.8 Å². The molecule has 3 heterocycles. The van der Waals surface area contributed by atoms with Gasteiger partial charge in [-0.05, 0) is 12.1 Å². The van der Waals surface area contributed by atoms with Gasteiger partial charge in [-0.2, -0.15) is 0 Å². The van der Waals surface area contributed by atoms with Crippen LogP contribution in [-0.4, -0.2) is 55.2 Å². The van der Waals surface area contributed by atoms with Gasteiger partial charge in [-0.15, -0.1) is 0 Å². The van der Waals surface area contributed by atoms with Crippen LogP contribution in [0.1, 0.15) is 0 Å². The number of piperazine rings is 1. The summed E-state index contributed by atoms with van der Waals surface area (Å²) in [5, 5.41) is 11.4. The third-order valence-electron chi connectivity index (χ3n) is 5.17. The number of anilines is 1. The molecule has 6 heteroatoms. The van der Waals surface area contributed by atoms with Gasteiger partial charge in [0.1, 0.15) is 0 Å². The number of fused-ring (bicyclic) bond motifs is 2. The minimum Gasteiger partial charge on any atom is -0.550 e. The first-order chi connectivity index (χ1) is 11.6. The highest BCUT2D eigenvalue weighted by atomic mass is 16.5. The van der Waals surface area contributed by atoms with E-state index in [1.165, 1.54) is 0 Å². The fraction of sp³-hybridized carbons (Fsp3) is 0.444. The van der Waals surface area contributed by atoms with Crippen molar-refractivity contribution in [2.45, 2.75) is 12.2 Å². The number of carbonyl (C=O) groups is 2. The number of ether oxygens (including phenoxy) is 1. The second-order valence-electron chi connectivity index (χ2n) is 6.47. The van der Waals surface area contributed by atoms with E-state index in [0.717, 1.165) is 18.8 Å². The first kappa shape index (κ1) is 15.2. The van der Waals surface area contributed by atoms with Gasteiger partial charge in [0.15, 0.2) is 0 Å². The van der Waals surface area contributed by atoms with E-state index in [4.69, 9.17) is 4.74 Å². The number of amides is 1. The summed E-state index contributed by atoms with van der Waals surface area (Å²) in [7, 11) is 0. The third kappa shape index (κ3) is 2.47. The van der Waals surface area contributed by atoms with Crippen LogP contribution >= 0.6 is 0 Å². The lowest BCUT2D eigenvalue weighted by molar-refractivity contribution is -0.313. The van der Waals surface area contributed by atoms with Crippen molar-refractivity contribution >= 4 is 17.6 Å². The number of carboxylic acids is 1. The molecule has 0 radical (unpaired) electrons. The highest BCUT2D eigenvalue weighted by Gasteiger charge is 2.51. The SMILES string of the molecule is O=C([O-])[C@@H]1[C@H](C(=O)N2CCN(c3ccccc3)CC2)[C@@H]2C=C[C@H]1O2. The lowest BCUT2D eigenvalue weighted by Crippen LogP contribution is -2.54. The number of carbonyl (C=O) groups excluding carboxylic acids is 2. The largest absolute Gasteiger partial charge is 0.550 e. The van der Waals surface area contributed by atoms with Crippen LogP contribution in [-0.2, 0) is 14.3 Å². The zero-order valence-electron chi connectivity index (χ0n) is 13.2. The van der Waals surface area contributed by atoms with Gasteiger partial charge in [-0.25, -0.2) is 0 Å². The molecule has 0 saturated carbocycles. The topological polar surface area (TPSA) is 72.9 Å². The summed E-state index contributed by atoms with van der Waals surface area (Å²) in [6, 6.07) is 10.1. The Balaban J connectivity index is 1.43. The van der Waals surface area contributed by atoms with E-state index >= 15 is 0 Å². The highest BCUT2D eigenvalue weighted by Crippen LogP contribution is 2.40. The Morgan fingerprint density at radius 2 is 1.58 bits per heavy atom. The van der Waals surface area contributed by atoms with E-state index in [-0.39, 0.29) is 5.91 Å². The maximum Gasteiger partial charge on any atom is 0.229 e. The molecule has 1 amide bonds. The van der Waals surface area contributed by atoms with Crippen LogP contribution in [0.4, 0.5) is 5.69 Å². The van der Waals surface area contributed by atoms with Crippen LogP contribution in [0.15, 0.2) is 42.5 Å². The maximum atomic E-state index is 12.9. The lowest BCUT2D eigenvalue weighted by atomic mass is 9.82. The minimum atomic E-state index is -1.20. The molecule has 3 aliphatic heterocycles. The fourth-order valence-electron chi connectivity index (χ4n) is 3.92. The van der Waals surface area contributed by atoms with Crippen molar-refractivity contribution in [1.82, 2.24) is 4.90 Å². The van der Waals surface area contributed by atoms with Gasteiger partial charge in [0.25, 0.3) is 0 Å². The zero-order valence-corrected chi connectivity index (χ0v) is 13.2. The molecular formula is C18H19N2O4-. The molecule has 4 atom stereocenters. The summed E-state index contributed by atoms with van der Waals surface area (Å²) in [5.74, 6) is -2.87. The summed E-state index contributed by atoms with van der Waals surface area (Å²) in [6.45, 7) is 2.66. The van der Waals surface area contributed by atoms with Crippen molar-refractivity contribution in [3.8, 4) is 0 Å². The molecule has 0 spiro atoms. The van der Waals surface area contributed by atoms with Crippen LogP contribution in [0.5, 0.6) is 0 Å². The molecule has 4 rings (SSSR count). The molecule has 0 aromatic heterocycles. The molecule has 2 fully saturated rings. The number of rotatable bonds is 3. The Hall–Kier alpha value is -2.34. The standard InChI is InChI=1S/C18H20N2O4/c21-17(15-13-6-7-14(24-13)16(15)18(22)23)20-10-8-19(9-11-20)12-4-2-1-3-5-12/h1-7,13-16H,8-11H2,(H,22,23)/p-1/t13-,14+,15+,16-/m0/s1. The van der Waals surface area contributed by atoms with Crippen LogP contribution in [0.3, 0.4) is 0 Å². The van der Waals surface area contributed by atoms with Crippen molar-refractivity contribution in [2.24, 2.45) is 11.8 Å². The summed E-state index contributed by atoms with van der Waals surface area (Å²) >= 11 is 0. The predicted molar refractivity (Wildman–Crippen MR) is 85.0 cm³/mol. The Bertz CT molecular complexity index is 667. The first-order valence-corrected chi connectivity index (χ1v) is 8.28. The average Bonchev–Trinajstić information content (AvgIpc) is 3.23. The number of benzene rings is 1. The van der Waals surface area contributed by atoms with Gasteiger partial charge in [0.2, 0.25) is 5.91 Å². The van der Waals surface area contributed by atoms with E-state index in [1.54, 1.807) is 17.1 Å². The first-order valence-electron chi connectivity index (χ1n) is 8.28. The second kappa shape index (κ2) is 5.94. The quantitative estimate of drug-likeness (QED) is 0.710. The zero-order chi connectivity index (χ0) is 16.7. The van der Waals surface area contributed by atoms with Crippen LogP contribution in [0.2, 0.25) is 0 Å². The van der Waals surface area contributed by atoms with Crippen LogP contribution in [0.25, 0.3) is 0 Å². The third-order valence-corrected chi connectivity index (χ3v) is 5.17. The van der Waals surface area contributed by atoms with Crippen molar-refractivity contribution in [3.05, 3.63) is 42.5 Å². The number of hydrogen-bond acceptors (Lipinski definition) is 5. The molecule has 1 aromatic carbocycles. The van der Waals surface area contributed by atoms with E-state index < -0.39 is 30.0 Å². The van der Waals surface area contributed by atoms with E-state index in [0.29, 0.717) is 13.1 Å². The Morgan fingerprint density at radius 1 is 0.958 bits per heavy atom. The van der Waals surface area contributed by atoms with Gasteiger partial charge in [-0.3, -0.25) is 4.79 Å². The number of nitrogens with zero attached hydrogens (tertiary/aromatic N) is 2. The lowest BCUT2D eigenvalue weighted by Gasteiger charge is -2.38. The predicted octanol–water partition coefficient (Wildman–Crippen LogP) is -0.345. The van der Waals surface area contributed by atoms with Crippen LogP contribution in [0, 0.1) is 11.8 Å². The van der Waals surface area contributed by atoms with Gasteiger partial charge in [0.05, 0.1) is 18.1 Å². The molecular weight excluding hydrogens is 308 g/mol. The molecule has 3 aliphatic rings. The maximum absolute atomic E-state index is 12.9. The minimum absolute atomic E-state index is 0.131. The van der Waals surface area contributed by atoms with Crippen molar-refractivity contribution in [2.75, 3.05) is 31.1 Å². The molecule has 0 unspecified atom stereocenters. The fourth-order valence-corrected chi connectivity index (χ4v) is 3.92. The summed E-state index contributed by atoms with van der Waals surface area (Å²) in [5.41, 5.74) is 1.14. The van der Waals surface area contributed by atoms with Crippen molar-refractivity contribution < 1.29 is 19.4 Å². The van der Waals surface area contributed by atoms with Gasteiger partial charge in [-0.1, -0.05) is 30.4 Å². The Labute approximate surface area is 140 Å². The van der Waals surface area contributed by atoms with Crippen molar-refractivity contribution in [1.29, 1.82) is 0 Å². The second-order valence-corrected chi connectivity index (χ2v) is 6.47. The molecule has 24 heavy (non-hydrogen) atoms. The average molecular weight is 327 g/mol. The normalized spacial score (nSPS) is 31.5. The Morgan fingerprint density at radius 3 is 2.21 bits per heavy atom. The molecule has 6 nitrogen and oxygen atoms in total. The molecule has 2 saturated heterocycles. The molecule has 2 bridgehead atoms. The summed E-state index contributed by atoms with van der Waals surface area (Å²) in [4.78, 5) is 28.3. The smallest absolute Gasteiger partial charge is 0.229 e. The number of carboxylic acid groups (broad SMARTS) is 1.